The number of guanidine groups is 1. The summed E-state index contributed by atoms with van der Waals surface area (Å²) in [5, 5.41) is 9.11. The van der Waals surface area contributed by atoms with E-state index in [1.807, 2.05) is 34.6 Å². The fourth-order valence-corrected chi connectivity index (χ4v) is 2.03. The summed E-state index contributed by atoms with van der Waals surface area (Å²) in [7, 11) is 0. The van der Waals surface area contributed by atoms with Crippen molar-refractivity contribution in [2.45, 2.75) is 52.7 Å². The standard InChI is InChI=1S/C16H31N5O3.HI/c1-6-8-18-13(22)9-19-14(17-7-2)20-12-10-21(11-12)15(23)24-16(3,4)5;/h12H,6-11H2,1-5H3,(H,18,22)(H2,17,19,20);1H. The van der Waals surface area contributed by atoms with Gasteiger partial charge in [0.25, 0.3) is 0 Å². The molecular weight excluding hydrogens is 437 g/mol. The molecule has 1 rings (SSSR count). The first kappa shape index (κ1) is 23.7. The topological polar surface area (TPSA) is 95.1 Å². The number of hydrogen-bond acceptors (Lipinski definition) is 4. The molecule has 1 aliphatic heterocycles. The fourth-order valence-electron chi connectivity index (χ4n) is 2.03. The molecule has 8 nitrogen and oxygen atoms in total. The normalized spacial score (nSPS) is 14.9. The molecule has 25 heavy (non-hydrogen) atoms. The Morgan fingerprint density at radius 3 is 2.36 bits per heavy atom. The molecule has 0 bridgehead atoms. The number of amides is 2. The average Bonchev–Trinajstić information content (AvgIpc) is 2.43. The van der Waals surface area contributed by atoms with Crippen LogP contribution < -0.4 is 16.0 Å². The van der Waals surface area contributed by atoms with Gasteiger partial charge in [0.15, 0.2) is 5.96 Å². The zero-order valence-corrected chi connectivity index (χ0v) is 18.2. The molecule has 1 heterocycles. The van der Waals surface area contributed by atoms with Gasteiger partial charge in [-0.15, -0.1) is 24.0 Å². The summed E-state index contributed by atoms with van der Waals surface area (Å²) in [6, 6.07) is 0.106. The maximum Gasteiger partial charge on any atom is 0.410 e. The minimum absolute atomic E-state index is 0. The highest BCUT2D eigenvalue weighted by Crippen LogP contribution is 2.15. The second-order valence-electron chi connectivity index (χ2n) is 6.77. The van der Waals surface area contributed by atoms with Gasteiger partial charge in [0.1, 0.15) is 12.1 Å². The number of likely N-dealkylation sites (tertiary alicyclic amines) is 1. The van der Waals surface area contributed by atoms with Crippen LogP contribution in [0.15, 0.2) is 4.99 Å². The SMILES string of the molecule is CCCNC(=O)CN=C(NCC)NC1CN(C(=O)OC(C)(C)C)C1.I. The molecule has 146 valence electrons. The summed E-state index contributed by atoms with van der Waals surface area (Å²) in [4.78, 5) is 29.4. The van der Waals surface area contributed by atoms with E-state index in [0.717, 1.165) is 6.42 Å². The van der Waals surface area contributed by atoms with Gasteiger partial charge in [-0.3, -0.25) is 4.79 Å². The van der Waals surface area contributed by atoms with Crippen molar-refractivity contribution >= 4 is 41.9 Å². The average molecular weight is 469 g/mol. The van der Waals surface area contributed by atoms with Crippen molar-refractivity contribution < 1.29 is 14.3 Å². The lowest BCUT2D eigenvalue weighted by molar-refractivity contribution is -0.119. The zero-order chi connectivity index (χ0) is 18.2. The number of halogens is 1. The van der Waals surface area contributed by atoms with Crippen molar-refractivity contribution in [1.29, 1.82) is 0 Å². The van der Waals surface area contributed by atoms with Gasteiger partial charge in [-0.2, -0.15) is 0 Å². The molecular formula is C16H32IN5O3. The number of ether oxygens (including phenoxy) is 1. The van der Waals surface area contributed by atoms with Gasteiger partial charge in [0.2, 0.25) is 5.91 Å². The molecule has 0 aromatic carbocycles. The highest BCUT2D eigenvalue weighted by molar-refractivity contribution is 14.0. The van der Waals surface area contributed by atoms with Crippen molar-refractivity contribution in [2.24, 2.45) is 4.99 Å². The van der Waals surface area contributed by atoms with Crippen molar-refractivity contribution in [3.8, 4) is 0 Å². The third kappa shape index (κ3) is 9.71. The third-order valence-electron chi connectivity index (χ3n) is 3.17. The Hall–Kier alpha value is -1.26. The van der Waals surface area contributed by atoms with Crippen molar-refractivity contribution in [3.05, 3.63) is 0 Å². The highest BCUT2D eigenvalue weighted by Gasteiger charge is 2.34. The lowest BCUT2D eigenvalue weighted by Gasteiger charge is -2.40. The van der Waals surface area contributed by atoms with E-state index >= 15 is 0 Å². The number of carbonyl (C=O) groups is 2. The minimum atomic E-state index is -0.488. The molecule has 0 radical (unpaired) electrons. The number of rotatable bonds is 6. The van der Waals surface area contributed by atoms with Crippen LogP contribution in [0.2, 0.25) is 0 Å². The molecule has 0 aromatic heterocycles. The number of carbonyl (C=O) groups excluding carboxylic acids is 2. The van der Waals surface area contributed by atoms with E-state index in [-0.39, 0.29) is 48.6 Å². The molecule has 0 saturated carbocycles. The molecule has 0 spiro atoms. The molecule has 3 N–H and O–H groups in total. The maximum atomic E-state index is 11.9. The summed E-state index contributed by atoms with van der Waals surface area (Å²) in [6.45, 7) is 12.1. The van der Waals surface area contributed by atoms with E-state index in [2.05, 4.69) is 20.9 Å². The molecule has 1 aliphatic rings. The first-order valence-electron chi connectivity index (χ1n) is 8.54. The largest absolute Gasteiger partial charge is 0.444 e. The number of aliphatic imine (C=N–C) groups is 1. The van der Waals surface area contributed by atoms with Crippen molar-refractivity contribution in [2.75, 3.05) is 32.7 Å². The zero-order valence-electron chi connectivity index (χ0n) is 15.8. The Kier molecular flexibility index (Phi) is 10.8. The molecule has 0 aromatic rings. The maximum absolute atomic E-state index is 11.9. The van der Waals surface area contributed by atoms with E-state index in [1.165, 1.54) is 0 Å². The van der Waals surface area contributed by atoms with Crippen molar-refractivity contribution in [1.82, 2.24) is 20.9 Å². The Labute approximate surface area is 167 Å². The molecule has 2 amide bonds. The Morgan fingerprint density at radius 1 is 1.20 bits per heavy atom. The van der Waals surface area contributed by atoms with Gasteiger partial charge in [-0.1, -0.05) is 6.92 Å². The monoisotopic (exact) mass is 469 g/mol. The summed E-state index contributed by atoms with van der Waals surface area (Å²) in [6.07, 6.45) is 0.595. The predicted octanol–water partition coefficient (Wildman–Crippen LogP) is 1.31. The highest BCUT2D eigenvalue weighted by atomic mass is 127. The van der Waals surface area contributed by atoms with E-state index in [1.54, 1.807) is 4.90 Å². The van der Waals surface area contributed by atoms with Crippen molar-refractivity contribution in [3.63, 3.8) is 0 Å². The molecule has 9 heteroatoms. The van der Waals surface area contributed by atoms with Crippen LogP contribution in [-0.2, 0) is 9.53 Å². The molecule has 0 aliphatic carbocycles. The molecule has 0 unspecified atom stereocenters. The number of nitrogens with zero attached hydrogens (tertiary/aromatic N) is 2. The quantitative estimate of drug-likeness (QED) is 0.310. The van der Waals surface area contributed by atoms with Crippen LogP contribution in [-0.4, -0.2) is 67.2 Å². The van der Waals surface area contributed by atoms with E-state index in [0.29, 0.717) is 32.1 Å². The predicted molar refractivity (Wildman–Crippen MR) is 109 cm³/mol. The first-order valence-corrected chi connectivity index (χ1v) is 8.54. The molecule has 1 fully saturated rings. The lowest BCUT2D eigenvalue weighted by Crippen LogP contribution is -2.63. The van der Waals surface area contributed by atoms with Gasteiger partial charge >= 0.3 is 6.09 Å². The minimum Gasteiger partial charge on any atom is -0.444 e. The smallest absolute Gasteiger partial charge is 0.410 e. The summed E-state index contributed by atoms with van der Waals surface area (Å²) < 4.78 is 5.32. The first-order chi connectivity index (χ1) is 11.2. The number of nitrogens with one attached hydrogen (secondary N) is 3. The van der Waals surface area contributed by atoms with Crippen LogP contribution in [0.5, 0.6) is 0 Å². The molecule has 0 atom stereocenters. The second-order valence-corrected chi connectivity index (χ2v) is 6.77. The van der Waals surface area contributed by atoms with Gasteiger partial charge in [-0.25, -0.2) is 9.79 Å². The van der Waals surface area contributed by atoms with E-state index in [4.69, 9.17) is 4.74 Å². The van der Waals surface area contributed by atoms with Gasteiger partial charge in [-0.05, 0) is 34.1 Å². The Balaban J connectivity index is 0.00000576. The number of hydrogen-bond donors (Lipinski definition) is 3. The van der Waals surface area contributed by atoms with E-state index < -0.39 is 5.60 Å². The fraction of sp³-hybridized carbons (Fsp3) is 0.812. The van der Waals surface area contributed by atoms with Crippen LogP contribution in [0.25, 0.3) is 0 Å². The lowest BCUT2D eigenvalue weighted by atomic mass is 10.1. The van der Waals surface area contributed by atoms with Gasteiger partial charge < -0.3 is 25.6 Å². The molecule has 1 saturated heterocycles. The van der Waals surface area contributed by atoms with Crippen LogP contribution >= 0.6 is 24.0 Å². The Bertz CT molecular complexity index is 459. The van der Waals surface area contributed by atoms with Crippen LogP contribution in [0.1, 0.15) is 41.0 Å². The summed E-state index contributed by atoms with van der Waals surface area (Å²) in [5.74, 6) is 0.482. The third-order valence-corrected chi connectivity index (χ3v) is 3.17. The van der Waals surface area contributed by atoms with Crippen LogP contribution in [0.4, 0.5) is 4.79 Å². The second kappa shape index (κ2) is 11.4. The van der Waals surface area contributed by atoms with Crippen LogP contribution in [0.3, 0.4) is 0 Å². The van der Waals surface area contributed by atoms with Gasteiger partial charge in [0.05, 0.1) is 6.04 Å². The summed E-state index contributed by atoms with van der Waals surface area (Å²) in [5.41, 5.74) is -0.488. The summed E-state index contributed by atoms with van der Waals surface area (Å²) >= 11 is 0. The van der Waals surface area contributed by atoms with E-state index in [9.17, 15) is 9.59 Å². The van der Waals surface area contributed by atoms with Crippen LogP contribution in [0, 0.1) is 0 Å². The van der Waals surface area contributed by atoms with Gasteiger partial charge in [0, 0.05) is 26.2 Å². The Morgan fingerprint density at radius 2 is 1.84 bits per heavy atom.